The summed E-state index contributed by atoms with van der Waals surface area (Å²) in [5.74, 6) is 0. The van der Waals surface area contributed by atoms with Gasteiger partial charge in [0.15, 0.2) is 0 Å². The molecule has 1 rings (SSSR count). The van der Waals surface area contributed by atoms with Crippen molar-refractivity contribution in [2.24, 2.45) is 0 Å². The molecule has 0 radical (unpaired) electrons. The van der Waals surface area contributed by atoms with E-state index in [0.29, 0.717) is 0 Å². The molecule has 0 aromatic carbocycles. The van der Waals surface area contributed by atoms with Crippen molar-refractivity contribution in [3.8, 4) is 0 Å². The molecule has 1 aromatic rings. The summed E-state index contributed by atoms with van der Waals surface area (Å²) in [4.78, 5) is 7.73. The molecule has 0 bridgehead atoms. The Morgan fingerprint density at radius 2 is 1.48 bits per heavy atom. The van der Waals surface area contributed by atoms with Gasteiger partial charge in [-0.1, -0.05) is 0 Å². The fourth-order valence-corrected chi connectivity index (χ4v) is 1.63. The van der Waals surface area contributed by atoms with E-state index in [9.17, 15) is 25.5 Å². The molecule has 1 heterocycles. The van der Waals surface area contributed by atoms with Gasteiger partial charge in [-0.15, -0.1) is 0 Å². The van der Waals surface area contributed by atoms with E-state index in [2.05, 4.69) is 9.97 Å². The first kappa shape index (κ1) is 17.9. The molecule has 120 valence electrons. The quantitative estimate of drug-likeness (QED) is 0.257. The van der Waals surface area contributed by atoms with Crippen LogP contribution in [0.3, 0.4) is 0 Å². The standard InChI is InChI=1S/C12H20N2O7/c15-4-9(18)8(17)1-6-2-13-3-7(14-6)11(20)12(21)10(19)5-16/h2-3,8-12,15-21H,1,4-5H2/t8-,9-,10-,11-,12+/m1/s1. The fraction of sp³-hybridized carbons (Fsp3) is 0.667. The molecule has 0 saturated heterocycles. The van der Waals surface area contributed by atoms with E-state index in [1.165, 1.54) is 6.20 Å². The minimum absolute atomic E-state index is 0.0572. The second kappa shape index (κ2) is 8.29. The monoisotopic (exact) mass is 304 g/mol. The van der Waals surface area contributed by atoms with Gasteiger partial charge in [0.1, 0.15) is 24.4 Å². The van der Waals surface area contributed by atoms with Gasteiger partial charge >= 0.3 is 0 Å². The van der Waals surface area contributed by atoms with Gasteiger partial charge in [-0.2, -0.15) is 0 Å². The number of aliphatic hydroxyl groups excluding tert-OH is 7. The average Bonchev–Trinajstić information content (AvgIpc) is 2.51. The van der Waals surface area contributed by atoms with Crippen molar-refractivity contribution in [3.05, 3.63) is 23.8 Å². The van der Waals surface area contributed by atoms with Crippen molar-refractivity contribution in [1.82, 2.24) is 9.97 Å². The SMILES string of the molecule is OC[C@@H](O)[C@H](O)[C@H](O)c1cncc(C[C@@H](O)[C@H](O)CO)n1. The molecule has 0 fully saturated rings. The zero-order valence-electron chi connectivity index (χ0n) is 11.2. The minimum Gasteiger partial charge on any atom is -0.394 e. The third kappa shape index (κ3) is 4.93. The van der Waals surface area contributed by atoms with Crippen molar-refractivity contribution in [3.63, 3.8) is 0 Å². The van der Waals surface area contributed by atoms with Gasteiger partial charge in [0, 0.05) is 12.6 Å². The van der Waals surface area contributed by atoms with Crippen LogP contribution in [0.2, 0.25) is 0 Å². The maximum absolute atomic E-state index is 9.83. The number of nitrogens with zero attached hydrogens (tertiary/aromatic N) is 2. The van der Waals surface area contributed by atoms with Crippen LogP contribution in [-0.2, 0) is 6.42 Å². The summed E-state index contributed by atoms with van der Waals surface area (Å²) in [7, 11) is 0. The second-order valence-corrected chi connectivity index (χ2v) is 4.64. The summed E-state index contributed by atoms with van der Waals surface area (Å²) in [6.45, 7) is -1.34. The number of aromatic nitrogens is 2. The van der Waals surface area contributed by atoms with Crippen molar-refractivity contribution >= 4 is 0 Å². The Balaban J connectivity index is 2.80. The number of hydrogen-bond acceptors (Lipinski definition) is 9. The molecule has 0 spiro atoms. The summed E-state index contributed by atoms with van der Waals surface area (Å²) in [5.41, 5.74) is 0.162. The lowest BCUT2D eigenvalue weighted by atomic mass is 10.1. The Morgan fingerprint density at radius 1 is 0.857 bits per heavy atom. The highest BCUT2D eigenvalue weighted by molar-refractivity contribution is 5.09. The molecule has 0 aliphatic carbocycles. The molecule has 9 nitrogen and oxygen atoms in total. The lowest BCUT2D eigenvalue weighted by molar-refractivity contribution is -0.0791. The zero-order valence-corrected chi connectivity index (χ0v) is 11.2. The van der Waals surface area contributed by atoms with E-state index >= 15 is 0 Å². The normalized spacial score (nSPS) is 18.8. The lowest BCUT2D eigenvalue weighted by Gasteiger charge is -2.21. The fourth-order valence-electron chi connectivity index (χ4n) is 1.63. The Morgan fingerprint density at radius 3 is 2.05 bits per heavy atom. The maximum Gasteiger partial charge on any atom is 0.126 e. The summed E-state index contributed by atoms with van der Waals surface area (Å²) in [6, 6.07) is 0. The van der Waals surface area contributed by atoms with Crippen LogP contribution < -0.4 is 0 Å². The van der Waals surface area contributed by atoms with E-state index in [1.807, 2.05) is 0 Å². The number of hydrogen-bond donors (Lipinski definition) is 7. The van der Waals surface area contributed by atoms with Crippen LogP contribution in [-0.4, -0.2) is 83.3 Å². The summed E-state index contributed by atoms with van der Waals surface area (Å²) in [6.07, 6.45) is -5.01. The Labute approximate surface area is 120 Å². The highest BCUT2D eigenvalue weighted by Crippen LogP contribution is 2.17. The first-order valence-electron chi connectivity index (χ1n) is 6.33. The molecule has 21 heavy (non-hydrogen) atoms. The van der Waals surface area contributed by atoms with Gasteiger partial charge in [-0.3, -0.25) is 9.97 Å². The van der Waals surface area contributed by atoms with Crippen LogP contribution in [0.1, 0.15) is 17.5 Å². The molecule has 5 atom stereocenters. The molecular formula is C12H20N2O7. The largest absolute Gasteiger partial charge is 0.394 e. The Kier molecular flexibility index (Phi) is 7.05. The first-order chi connectivity index (χ1) is 9.90. The van der Waals surface area contributed by atoms with Crippen molar-refractivity contribution in [1.29, 1.82) is 0 Å². The van der Waals surface area contributed by atoms with Gasteiger partial charge in [0.2, 0.25) is 0 Å². The van der Waals surface area contributed by atoms with Crippen LogP contribution in [0.15, 0.2) is 12.4 Å². The molecule has 0 aliphatic rings. The van der Waals surface area contributed by atoms with E-state index in [0.717, 1.165) is 6.20 Å². The third-order valence-corrected chi connectivity index (χ3v) is 2.96. The summed E-state index contributed by atoms with van der Waals surface area (Å²) < 4.78 is 0. The Bertz CT molecular complexity index is 434. The first-order valence-corrected chi connectivity index (χ1v) is 6.33. The van der Waals surface area contributed by atoms with Gasteiger partial charge in [0.25, 0.3) is 0 Å². The highest BCUT2D eigenvalue weighted by Gasteiger charge is 2.27. The summed E-state index contributed by atoms with van der Waals surface area (Å²) in [5, 5.41) is 65.0. The van der Waals surface area contributed by atoms with Crippen molar-refractivity contribution in [2.75, 3.05) is 13.2 Å². The molecule has 1 aromatic heterocycles. The van der Waals surface area contributed by atoms with Gasteiger partial charge in [-0.25, -0.2) is 0 Å². The third-order valence-electron chi connectivity index (χ3n) is 2.96. The van der Waals surface area contributed by atoms with Gasteiger partial charge in [0.05, 0.1) is 36.9 Å². The van der Waals surface area contributed by atoms with Crippen LogP contribution in [0.4, 0.5) is 0 Å². The van der Waals surface area contributed by atoms with Crippen LogP contribution in [0.5, 0.6) is 0 Å². The molecule has 0 aliphatic heterocycles. The number of aliphatic hydroxyl groups is 7. The average molecular weight is 304 g/mol. The highest BCUT2D eigenvalue weighted by atomic mass is 16.4. The van der Waals surface area contributed by atoms with Crippen molar-refractivity contribution < 1.29 is 35.7 Å². The molecule has 7 N–H and O–H groups in total. The maximum atomic E-state index is 9.83. The van der Waals surface area contributed by atoms with Gasteiger partial charge in [-0.05, 0) is 0 Å². The smallest absolute Gasteiger partial charge is 0.126 e. The van der Waals surface area contributed by atoms with Gasteiger partial charge < -0.3 is 35.7 Å². The van der Waals surface area contributed by atoms with Crippen LogP contribution in [0.25, 0.3) is 0 Å². The Hall–Kier alpha value is -1.20. The van der Waals surface area contributed by atoms with E-state index in [1.54, 1.807) is 0 Å². The zero-order chi connectivity index (χ0) is 16.0. The molecule has 0 saturated carbocycles. The minimum atomic E-state index is -1.65. The predicted octanol–water partition coefficient (Wildman–Crippen LogP) is -3.52. The van der Waals surface area contributed by atoms with E-state index in [4.69, 9.17) is 10.2 Å². The lowest BCUT2D eigenvalue weighted by Crippen LogP contribution is -2.35. The second-order valence-electron chi connectivity index (χ2n) is 4.64. The summed E-state index contributed by atoms with van der Waals surface area (Å²) >= 11 is 0. The topological polar surface area (TPSA) is 167 Å². The number of rotatable bonds is 8. The molecular weight excluding hydrogens is 284 g/mol. The van der Waals surface area contributed by atoms with E-state index < -0.39 is 43.7 Å². The molecule has 0 unspecified atom stereocenters. The van der Waals surface area contributed by atoms with Crippen LogP contribution >= 0.6 is 0 Å². The molecule has 0 amide bonds. The predicted molar refractivity (Wildman–Crippen MR) is 68.9 cm³/mol. The molecule has 9 heteroatoms. The van der Waals surface area contributed by atoms with Crippen molar-refractivity contribution in [2.45, 2.75) is 36.9 Å². The van der Waals surface area contributed by atoms with Crippen LogP contribution in [0, 0.1) is 0 Å². The van der Waals surface area contributed by atoms with E-state index in [-0.39, 0.29) is 17.8 Å².